The van der Waals surface area contributed by atoms with Crippen molar-refractivity contribution in [1.29, 1.82) is 0 Å². The molecule has 0 unspecified atom stereocenters. The molecular formula is C30H32N2O8S. The third-order valence-corrected chi connectivity index (χ3v) is 7.16. The number of fused-ring (bicyclic) bond motifs is 1. The van der Waals surface area contributed by atoms with Crippen LogP contribution in [0.3, 0.4) is 0 Å². The maximum atomic E-state index is 14.0. The predicted molar refractivity (Wildman–Crippen MR) is 153 cm³/mol. The van der Waals surface area contributed by atoms with Gasteiger partial charge in [0.15, 0.2) is 22.9 Å². The average molecular weight is 581 g/mol. The largest absolute Gasteiger partial charge is 0.493 e. The first-order valence-electron chi connectivity index (χ1n) is 13.2. The summed E-state index contributed by atoms with van der Waals surface area (Å²) in [6, 6.07) is 11.6. The molecule has 0 saturated heterocycles. The molecule has 0 saturated carbocycles. The Morgan fingerprint density at radius 3 is 2.44 bits per heavy atom. The van der Waals surface area contributed by atoms with Crippen molar-refractivity contribution in [3.8, 4) is 17.2 Å². The van der Waals surface area contributed by atoms with Gasteiger partial charge >= 0.3 is 11.9 Å². The van der Waals surface area contributed by atoms with Crippen LogP contribution in [0.25, 0.3) is 6.08 Å². The van der Waals surface area contributed by atoms with E-state index in [1.165, 1.54) is 15.9 Å². The number of esters is 2. The molecule has 3 aromatic rings. The van der Waals surface area contributed by atoms with Crippen LogP contribution >= 0.6 is 11.3 Å². The van der Waals surface area contributed by atoms with Gasteiger partial charge in [-0.2, -0.15) is 0 Å². The van der Waals surface area contributed by atoms with Crippen molar-refractivity contribution in [2.75, 3.05) is 33.5 Å². The zero-order chi connectivity index (χ0) is 29.5. The van der Waals surface area contributed by atoms with Crippen LogP contribution in [0.4, 0.5) is 0 Å². The number of carbonyl (C=O) groups excluding carboxylic acids is 2. The van der Waals surface area contributed by atoms with E-state index in [0.717, 1.165) is 0 Å². The number of ether oxygens (including phenoxy) is 5. The zero-order valence-corrected chi connectivity index (χ0v) is 24.4. The normalized spacial score (nSPS) is 14.7. The molecule has 1 atom stereocenters. The summed E-state index contributed by atoms with van der Waals surface area (Å²) in [5, 5.41) is 0. The van der Waals surface area contributed by atoms with Gasteiger partial charge in [-0.1, -0.05) is 35.6 Å². The standard InChI is InChI=1S/C30H32N2O8S/c1-6-37-23-15-20(13-14-22(23)36-5)27-26(29(35)39-8-3)18(4)31-30-32(27)28(34)24(41-30)16-19-11-9-10-12-21(19)40-17-25(33)38-7-2/h9-16,27H,6-8,17H2,1-5H3/b24-16-/t27-/m1/s1. The third-order valence-electron chi connectivity index (χ3n) is 6.18. The van der Waals surface area contributed by atoms with Crippen molar-refractivity contribution in [2.24, 2.45) is 4.99 Å². The Kier molecular flexibility index (Phi) is 9.61. The smallest absolute Gasteiger partial charge is 0.344 e. The van der Waals surface area contributed by atoms with Gasteiger partial charge in [-0.25, -0.2) is 14.6 Å². The number of hydrogen-bond donors (Lipinski definition) is 0. The highest BCUT2D eigenvalue weighted by atomic mass is 32.1. The maximum absolute atomic E-state index is 14.0. The molecule has 10 nitrogen and oxygen atoms in total. The molecule has 1 aliphatic heterocycles. The molecule has 11 heteroatoms. The lowest BCUT2D eigenvalue weighted by Crippen LogP contribution is -2.40. The number of benzene rings is 2. The predicted octanol–water partition coefficient (Wildman–Crippen LogP) is 3.15. The number of carbonyl (C=O) groups is 2. The van der Waals surface area contributed by atoms with Gasteiger partial charge in [-0.3, -0.25) is 9.36 Å². The molecular weight excluding hydrogens is 548 g/mol. The number of hydrogen-bond acceptors (Lipinski definition) is 10. The highest BCUT2D eigenvalue weighted by molar-refractivity contribution is 7.07. The molecule has 4 rings (SSSR count). The summed E-state index contributed by atoms with van der Waals surface area (Å²) >= 11 is 1.19. The first kappa shape index (κ1) is 29.6. The molecule has 1 aromatic heterocycles. The molecule has 0 aliphatic carbocycles. The summed E-state index contributed by atoms with van der Waals surface area (Å²) in [5.41, 5.74) is 1.60. The van der Waals surface area contributed by atoms with E-state index in [1.807, 2.05) is 6.92 Å². The van der Waals surface area contributed by atoms with Crippen LogP contribution in [-0.4, -0.2) is 50.0 Å². The minimum absolute atomic E-state index is 0.169. The Morgan fingerprint density at radius 1 is 0.976 bits per heavy atom. The van der Waals surface area contributed by atoms with Crippen molar-refractivity contribution in [3.63, 3.8) is 0 Å². The number of aromatic nitrogens is 1. The van der Waals surface area contributed by atoms with E-state index in [2.05, 4.69) is 4.99 Å². The minimum atomic E-state index is -0.812. The lowest BCUT2D eigenvalue weighted by molar-refractivity contribution is -0.145. The van der Waals surface area contributed by atoms with Gasteiger partial charge < -0.3 is 23.7 Å². The fourth-order valence-electron chi connectivity index (χ4n) is 4.45. The fourth-order valence-corrected chi connectivity index (χ4v) is 5.49. The van der Waals surface area contributed by atoms with E-state index >= 15 is 0 Å². The van der Waals surface area contributed by atoms with Crippen LogP contribution in [0.1, 0.15) is 44.9 Å². The van der Waals surface area contributed by atoms with Gasteiger partial charge in [0.05, 0.1) is 48.8 Å². The van der Waals surface area contributed by atoms with Crippen LogP contribution in [0.5, 0.6) is 17.2 Å². The Hall–Kier alpha value is -4.38. The molecule has 0 fully saturated rings. The lowest BCUT2D eigenvalue weighted by atomic mass is 9.95. The molecule has 0 radical (unpaired) electrons. The topological polar surface area (TPSA) is 115 Å². The Labute approximate surface area is 241 Å². The van der Waals surface area contributed by atoms with Gasteiger partial charge in [0.25, 0.3) is 5.56 Å². The highest BCUT2D eigenvalue weighted by Gasteiger charge is 2.34. The molecule has 0 spiro atoms. The van der Waals surface area contributed by atoms with E-state index in [0.29, 0.717) is 50.0 Å². The van der Waals surface area contributed by atoms with E-state index < -0.39 is 18.0 Å². The minimum Gasteiger partial charge on any atom is -0.493 e. The van der Waals surface area contributed by atoms with Crippen LogP contribution < -0.4 is 29.1 Å². The summed E-state index contributed by atoms with van der Waals surface area (Å²) in [6.45, 7) is 7.58. The highest BCUT2D eigenvalue weighted by Crippen LogP contribution is 2.36. The second-order valence-electron chi connectivity index (χ2n) is 8.78. The number of para-hydroxylation sites is 1. The molecule has 0 bridgehead atoms. The number of methoxy groups -OCH3 is 1. The molecule has 0 amide bonds. The number of rotatable bonds is 11. The van der Waals surface area contributed by atoms with Crippen molar-refractivity contribution < 1.29 is 33.3 Å². The molecule has 0 N–H and O–H groups in total. The maximum Gasteiger partial charge on any atom is 0.344 e. The first-order valence-corrected chi connectivity index (χ1v) is 14.0. The van der Waals surface area contributed by atoms with E-state index in [9.17, 15) is 14.4 Å². The molecule has 41 heavy (non-hydrogen) atoms. The van der Waals surface area contributed by atoms with E-state index in [4.69, 9.17) is 23.7 Å². The van der Waals surface area contributed by atoms with Gasteiger partial charge in [0.1, 0.15) is 5.75 Å². The van der Waals surface area contributed by atoms with Crippen molar-refractivity contribution in [2.45, 2.75) is 33.7 Å². The second-order valence-corrected chi connectivity index (χ2v) is 9.79. The number of nitrogens with zero attached hydrogens (tertiary/aromatic N) is 2. The molecule has 216 valence electrons. The number of thiazole rings is 1. The molecule has 2 heterocycles. The monoisotopic (exact) mass is 580 g/mol. The quantitative estimate of drug-likeness (QED) is 0.318. The lowest BCUT2D eigenvalue weighted by Gasteiger charge is -2.25. The summed E-state index contributed by atoms with van der Waals surface area (Å²) in [6.07, 6.45) is 1.68. The Morgan fingerprint density at radius 2 is 1.73 bits per heavy atom. The van der Waals surface area contributed by atoms with Gasteiger partial charge in [0.2, 0.25) is 0 Å². The summed E-state index contributed by atoms with van der Waals surface area (Å²) < 4.78 is 29.1. The second kappa shape index (κ2) is 13.3. The van der Waals surface area contributed by atoms with Gasteiger partial charge in [0, 0.05) is 5.56 Å². The molecule has 2 aromatic carbocycles. The van der Waals surface area contributed by atoms with Crippen LogP contribution in [0.15, 0.2) is 63.5 Å². The molecule has 1 aliphatic rings. The zero-order valence-electron chi connectivity index (χ0n) is 23.6. The Balaban J connectivity index is 1.87. The van der Waals surface area contributed by atoms with Crippen molar-refractivity contribution >= 4 is 29.4 Å². The van der Waals surface area contributed by atoms with E-state index in [-0.39, 0.29) is 31.0 Å². The average Bonchev–Trinajstić information content (AvgIpc) is 3.26. The van der Waals surface area contributed by atoms with Crippen LogP contribution in [0, 0.1) is 0 Å². The van der Waals surface area contributed by atoms with Crippen molar-refractivity contribution in [1.82, 2.24) is 4.57 Å². The van der Waals surface area contributed by atoms with Gasteiger partial charge in [-0.15, -0.1) is 0 Å². The Bertz CT molecular complexity index is 1650. The first-order chi connectivity index (χ1) is 19.8. The fraction of sp³-hybridized carbons (Fsp3) is 0.333. The van der Waals surface area contributed by atoms with Crippen LogP contribution in [0.2, 0.25) is 0 Å². The van der Waals surface area contributed by atoms with Crippen molar-refractivity contribution in [3.05, 3.63) is 84.5 Å². The van der Waals surface area contributed by atoms with E-state index in [1.54, 1.807) is 76.4 Å². The summed E-state index contributed by atoms with van der Waals surface area (Å²) in [5.74, 6) is 0.387. The summed E-state index contributed by atoms with van der Waals surface area (Å²) in [7, 11) is 1.54. The van der Waals surface area contributed by atoms with Gasteiger partial charge in [-0.05, 0) is 57.5 Å². The third kappa shape index (κ3) is 6.35. The number of allylic oxidation sites excluding steroid dienone is 1. The summed E-state index contributed by atoms with van der Waals surface area (Å²) in [4.78, 5) is 44.0. The SMILES string of the molecule is CCOC(=O)COc1ccccc1/C=c1\sc2n(c1=O)[C@H](c1ccc(OC)c(OCC)c1)C(C(=O)OCC)=C(C)N=2. The van der Waals surface area contributed by atoms with Crippen LogP contribution in [-0.2, 0) is 19.1 Å².